The molecule has 0 fully saturated rings. The summed E-state index contributed by atoms with van der Waals surface area (Å²) in [4.78, 5) is 25.4. The Bertz CT molecular complexity index is 898. The number of methoxy groups -OCH3 is 1. The molecular formula is C17H14N2O4. The number of aromatic amines is 1. The Morgan fingerprint density at radius 3 is 2.78 bits per heavy atom. The van der Waals surface area contributed by atoms with Crippen molar-refractivity contribution in [3.05, 3.63) is 75.5 Å². The Morgan fingerprint density at radius 1 is 1.22 bits per heavy atom. The lowest BCUT2D eigenvalue weighted by molar-refractivity contribution is -0.384. The maximum Gasteiger partial charge on any atom is 0.338 e. The van der Waals surface area contributed by atoms with Gasteiger partial charge in [0.25, 0.3) is 5.69 Å². The molecule has 0 unspecified atom stereocenters. The Morgan fingerprint density at radius 2 is 2.04 bits per heavy atom. The molecule has 0 aliphatic rings. The molecule has 0 atom stereocenters. The monoisotopic (exact) mass is 310 g/mol. The van der Waals surface area contributed by atoms with E-state index in [1.54, 1.807) is 6.07 Å². The zero-order valence-electron chi connectivity index (χ0n) is 12.4. The molecule has 2 aromatic carbocycles. The number of non-ortho nitro benzene ring substituents is 1. The first kappa shape index (κ1) is 14.8. The van der Waals surface area contributed by atoms with Crippen LogP contribution in [0.15, 0.2) is 48.7 Å². The number of hydrogen-bond donors (Lipinski definition) is 1. The largest absolute Gasteiger partial charge is 0.465 e. The Hall–Kier alpha value is -3.15. The third kappa shape index (κ3) is 2.91. The molecule has 3 aromatic rings. The van der Waals surface area contributed by atoms with E-state index >= 15 is 0 Å². The smallest absolute Gasteiger partial charge is 0.338 e. The Balaban J connectivity index is 2.00. The fraction of sp³-hybridized carbons (Fsp3) is 0.118. The summed E-state index contributed by atoms with van der Waals surface area (Å²) >= 11 is 0. The standard InChI is InChI=1S/C17H14N2O4/c1-23-17(20)15-10-14(19(21)22)4-3-12(15)8-11-2-5-16-13(9-11)6-7-18-16/h2-7,9-10,18H,8H2,1H3. The number of rotatable bonds is 4. The number of hydrogen-bond acceptors (Lipinski definition) is 4. The van der Waals surface area contributed by atoms with Crippen LogP contribution >= 0.6 is 0 Å². The maximum absolute atomic E-state index is 11.9. The lowest BCUT2D eigenvalue weighted by atomic mass is 9.98. The second-order valence-electron chi connectivity index (χ2n) is 5.17. The molecule has 1 N–H and O–H groups in total. The number of aromatic nitrogens is 1. The molecule has 3 rings (SSSR count). The van der Waals surface area contributed by atoms with E-state index in [4.69, 9.17) is 4.74 Å². The van der Waals surface area contributed by atoms with Gasteiger partial charge in [0.1, 0.15) is 0 Å². The van der Waals surface area contributed by atoms with Gasteiger partial charge < -0.3 is 9.72 Å². The van der Waals surface area contributed by atoms with Crippen LogP contribution in [0.2, 0.25) is 0 Å². The van der Waals surface area contributed by atoms with Gasteiger partial charge in [-0.25, -0.2) is 4.79 Å². The summed E-state index contributed by atoms with van der Waals surface area (Å²) in [6, 6.07) is 12.2. The zero-order valence-corrected chi connectivity index (χ0v) is 12.4. The first-order valence-electron chi connectivity index (χ1n) is 7.00. The fourth-order valence-electron chi connectivity index (χ4n) is 2.56. The van der Waals surface area contributed by atoms with Crippen molar-refractivity contribution in [1.29, 1.82) is 0 Å². The Labute approximate surface area is 131 Å². The van der Waals surface area contributed by atoms with Crippen molar-refractivity contribution >= 4 is 22.6 Å². The van der Waals surface area contributed by atoms with Crippen molar-refractivity contribution in [1.82, 2.24) is 4.98 Å². The predicted octanol–water partition coefficient (Wildman–Crippen LogP) is 3.45. The van der Waals surface area contributed by atoms with Crippen LogP contribution in [-0.4, -0.2) is 23.0 Å². The van der Waals surface area contributed by atoms with Crippen LogP contribution in [0.4, 0.5) is 5.69 Å². The Kier molecular flexibility index (Phi) is 3.80. The van der Waals surface area contributed by atoms with Crippen molar-refractivity contribution in [2.45, 2.75) is 6.42 Å². The van der Waals surface area contributed by atoms with Crippen molar-refractivity contribution < 1.29 is 14.5 Å². The number of esters is 1. The van der Waals surface area contributed by atoms with Crippen LogP contribution in [0.1, 0.15) is 21.5 Å². The summed E-state index contributed by atoms with van der Waals surface area (Å²) in [6.07, 6.45) is 2.35. The highest BCUT2D eigenvalue weighted by Crippen LogP contribution is 2.23. The molecule has 0 bridgehead atoms. The summed E-state index contributed by atoms with van der Waals surface area (Å²) in [7, 11) is 1.26. The van der Waals surface area contributed by atoms with E-state index in [0.717, 1.165) is 16.5 Å². The molecule has 0 aliphatic heterocycles. The molecule has 1 aromatic heterocycles. The van der Waals surface area contributed by atoms with Gasteiger partial charge in [-0.15, -0.1) is 0 Å². The number of carbonyl (C=O) groups excluding carboxylic acids is 1. The quantitative estimate of drug-likeness (QED) is 0.454. The van der Waals surface area contributed by atoms with Gasteiger partial charge in [0.2, 0.25) is 0 Å². The van der Waals surface area contributed by atoms with Crippen molar-refractivity contribution in [2.24, 2.45) is 0 Å². The van der Waals surface area contributed by atoms with E-state index in [1.807, 2.05) is 30.5 Å². The minimum atomic E-state index is -0.577. The summed E-state index contributed by atoms with van der Waals surface area (Å²) in [5, 5.41) is 12.0. The van der Waals surface area contributed by atoms with Crippen molar-refractivity contribution in [3.63, 3.8) is 0 Å². The van der Waals surface area contributed by atoms with Crippen LogP contribution < -0.4 is 0 Å². The van der Waals surface area contributed by atoms with E-state index in [9.17, 15) is 14.9 Å². The topological polar surface area (TPSA) is 85.2 Å². The lowest BCUT2D eigenvalue weighted by Crippen LogP contribution is -2.07. The van der Waals surface area contributed by atoms with Crippen LogP contribution in [0, 0.1) is 10.1 Å². The molecule has 0 spiro atoms. The van der Waals surface area contributed by atoms with Gasteiger partial charge in [0.15, 0.2) is 0 Å². The molecule has 0 radical (unpaired) electrons. The van der Waals surface area contributed by atoms with E-state index in [-0.39, 0.29) is 11.3 Å². The fourth-order valence-corrected chi connectivity index (χ4v) is 2.56. The number of nitro benzene ring substituents is 1. The van der Waals surface area contributed by atoms with Crippen LogP contribution in [0.25, 0.3) is 10.9 Å². The summed E-state index contributed by atoms with van der Waals surface area (Å²) in [6.45, 7) is 0. The highest BCUT2D eigenvalue weighted by atomic mass is 16.6. The summed E-state index contributed by atoms with van der Waals surface area (Å²) in [5.74, 6) is -0.577. The average Bonchev–Trinajstić information content (AvgIpc) is 3.02. The molecule has 116 valence electrons. The highest BCUT2D eigenvalue weighted by molar-refractivity contribution is 5.92. The number of nitrogens with one attached hydrogen (secondary N) is 1. The minimum Gasteiger partial charge on any atom is -0.465 e. The first-order valence-corrected chi connectivity index (χ1v) is 7.00. The molecule has 0 saturated carbocycles. The normalized spacial score (nSPS) is 10.7. The van der Waals surface area contributed by atoms with Gasteiger partial charge in [0.05, 0.1) is 17.6 Å². The predicted molar refractivity (Wildman–Crippen MR) is 85.5 cm³/mol. The van der Waals surface area contributed by atoms with Crippen molar-refractivity contribution in [2.75, 3.05) is 7.11 Å². The highest BCUT2D eigenvalue weighted by Gasteiger charge is 2.17. The van der Waals surface area contributed by atoms with Crippen molar-refractivity contribution in [3.8, 4) is 0 Å². The van der Waals surface area contributed by atoms with Gasteiger partial charge in [0, 0.05) is 23.8 Å². The van der Waals surface area contributed by atoms with Crippen LogP contribution in [-0.2, 0) is 11.2 Å². The second-order valence-corrected chi connectivity index (χ2v) is 5.17. The molecule has 1 heterocycles. The van der Waals surface area contributed by atoms with E-state index < -0.39 is 10.9 Å². The number of nitrogens with zero attached hydrogens (tertiary/aromatic N) is 1. The average molecular weight is 310 g/mol. The molecule has 6 nitrogen and oxygen atoms in total. The molecule has 0 saturated heterocycles. The number of benzene rings is 2. The first-order chi connectivity index (χ1) is 11.1. The number of ether oxygens (including phenoxy) is 1. The zero-order chi connectivity index (χ0) is 16.4. The van der Waals surface area contributed by atoms with Crippen LogP contribution in [0.3, 0.4) is 0 Å². The minimum absolute atomic E-state index is 0.129. The molecule has 6 heteroatoms. The van der Waals surface area contributed by atoms with Gasteiger partial charge in [-0.2, -0.15) is 0 Å². The third-order valence-corrected chi connectivity index (χ3v) is 3.72. The maximum atomic E-state index is 11.9. The van der Waals surface area contributed by atoms with E-state index in [2.05, 4.69) is 4.98 Å². The van der Waals surface area contributed by atoms with Gasteiger partial charge in [-0.3, -0.25) is 10.1 Å². The SMILES string of the molecule is COC(=O)c1cc([N+](=O)[O-])ccc1Cc1ccc2[nH]ccc2c1. The van der Waals surface area contributed by atoms with Gasteiger partial charge in [-0.05, 0) is 41.1 Å². The van der Waals surface area contributed by atoms with Crippen LogP contribution in [0.5, 0.6) is 0 Å². The van der Waals surface area contributed by atoms with E-state index in [0.29, 0.717) is 12.0 Å². The number of carbonyl (C=O) groups is 1. The molecule has 0 amide bonds. The van der Waals surface area contributed by atoms with Gasteiger partial charge in [-0.1, -0.05) is 12.1 Å². The lowest BCUT2D eigenvalue weighted by Gasteiger charge is -2.08. The number of nitro groups is 1. The molecule has 23 heavy (non-hydrogen) atoms. The summed E-state index contributed by atoms with van der Waals surface area (Å²) in [5.41, 5.74) is 2.82. The summed E-state index contributed by atoms with van der Waals surface area (Å²) < 4.78 is 4.74. The second kappa shape index (κ2) is 5.92. The van der Waals surface area contributed by atoms with Gasteiger partial charge >= 0.3 is 5.97 Å². The molecule has 0 aliphatic carbocycles. The van der Waals surface area contributed by atoms with E-state index in [1.165, 1.54) is 19.2 Å². The molecular weight excluding hydrogens is 296 g/mol. The number of fused-ring (bicyclic) bond motifs is 1. The number of H-pyrrole nitrogens is 1. The third-order valence-electron chi connectivity index (χ3n) is 3.72.